The molecule has 0 radical (unpaired) electrons. The van der Waals surface area contributed by atoms with E-state index in [9.17, 15) is 4.79 Å². The average molecular weight is 274 g/mol. The van der Waals surface area contributed by atoms with Crippen LogP contribution in [0.1, 0.15) is 30.1 Å². The first-order valence-corrected chi connectivity index (χ1v) is 6.99. The Hall–Kier alpha value is -1.95. The quantitative estimate of drug-likeness (QED) is 0.866. The predicted octanol–water partition coefficient (Wildman–Crippen LogP) is 1.61. The average Bonchev–Trinajstić information content (AvgIpc) is 3.20. The van der Waals surface area contributed by atoms with Gasteiger partial charge in [0, 0.05) is 12.6 Å². The Kier molecular flexibility index (Phi) is 3.40. The number of aromatic nitrogens is 3. The van der Waals surface area contributed by atoms with Gasteiger partial charge in [-0.1, -0.05) is 12.1 Å². The topological polar surface area (TPSA) is 71.2 Å². The Morgan fingerprint density at radius 2 is 2.30 bits per heavy atom. The van der Waals surface area contributed by atoms with Gasteiger partial charge in [0.2, 0.25) is 0 Å². The Bertz CT molecular complexity index is 633. The maximum atomic E-state index is 10.9. The van der Waals surface area contributed by atoms with Crippen LogP contribution in [0.25, 0.3) is 11.0 Å². The molecule has 1 aromatic heterocycles. The van der Waals surface area contributed by atoms with Gasteiger partial charge in [0.25, 0.3) is 0 Å². The van der Waals surface area contributed by atoms with Gasteiger partial charge >= 0.3 is 5.97 Å². The van der Waals surface area contributed by atoms with E-state index in [-0.39, 0.29) is 5.56 Å². The van der Waals surface area contributed by atoms with E-state index >= 15 is 0 Å². The maximum Gasteiger partial charge on any atom is 0.335 e. The summed E-state index contributed by atoms with van der Waals surface area (Å²) in [5.74, 6) is -0.938. The van der Waals surface area contributed by atoms with Crippen LogP contribution in [0, 0.1) is 0 Å². The van der Waals surface area contributed by atoms with E-state index in [1.807, 2.05) is 4.68 Å². The minimum absolute atomic E-state index is 0.248. The van der Waals surface area contributed by atoms with Crippen molar-refractivity contribution in [2.45, 2.75) is 32.4 Å². The van der Waals surface area contributed by atoms with Gasteiger partial charge in [0.05, 0.1) is 17.6 Å². The summed E-state index contributed by atoms with van der Waals surface area (Å²) in [6, 6.07) is 5.70. The zero-order chi connectivity index (χ0) is 14.1. The number of nitrogens with zero attached hydrogens (tertiary/aromatic N) is 4. The predicted molar refractivity (Wildman–Crippen MR) is 74.8 cm³/mol. The minimum atomic E-state index is -0.938. The molecule has 3 rings (SSSR count). The van der Waals surface area contributed by atoms with Crippen LogP contribution in [0.3, 0.4) is 0 Å². The molecule has 0 unspecified atom stereocenters. The summed E-state index contributed by atoms with van der Waals surface area (Å²) in [5.41, 5.74) is 1.78. The third kappa shape index (κ3) is 2.51. The smallest absolute Gasteiger partial charge is 0.335 e. The molecule has 0 saturated heterocycles. The van der Waals surface area contributed by atoms with Crippen molar-refractivity contribution in [2.75, 3.05) is 13.1 Å². The second-order valence-corrected chi connectivity index (χ2v) is 5.18. The van der Waals surface area contributed by atoms with Gasteiger partial charge in [-0.05, 0) is 37.6 Å². The summed E-state index contributed by atoms with van der Waals surface area (Å²) in [4.78, 5) is 13.4. The highest BCUT2D eigenvalue weighted by atomic mass is 16.4. The fraction of sp³-hybridized carbons (Fsp3) is 0.500. The van der Waals surface area contributed by atoms with Crippen molar-refractivity contribution < 1.29 is 9.90 Å². The lowest BCUT2D eigenvalue weighted by Gasteiger charge is -2.19. The first-order valence-electron chi connectivity index (χ1n) is 6.99. The number of likely N-dealkylation sites (N-methyl/N-ethyl adjacent to an activating group) is 1. The van der Waals surface area contributed by atoms with Crippen LogP contribution in [-0.4, -0.2) is 50.1 Å². The van der Waals surface area contributed by atoms with Crippen molar-refractivity contribution in [1.29, 1.82) is 0 Å². The van der Waals surface area contributed by atoms with Gasteiger partial charge in [0.15, 0.2) is 0 Å². The lowest BCUT2D eigenvalue weighted by Crippen LogP contribution is -2.29. The molecule has 1 aliphatic carbocycles. The maximum absolute atomic E-state index is 10.9. The number of benzene rings is 1. The lowest BCUT2D eigenvalue weighted by molar-refractivity contribution is 0.0697. The molecule has 0 atom stereocenters. The molecule has 0 bridgehead atoms. The third-order valence-corrected chi connectivity index (χ3v) is 3.83. The molecule has 6 nitrogen and oxygen atoms in total. The molecule has 6 heteroatoms. The molecule has 20 heavy (non-hydrogen) atoms. The van der Waals surface area contributed by atoms with E-state index in [0.717, 1.165) is 31.2 Å². The Morgan fingerprint density at radius 3 is 2.95 bits per heavy atom. The Balaban J connectivity index is 1.76. The van der Waals surface area contributed by atoms with Gasteiger partial charge in [-0.3, -0.25) is 4.90 Å². The van der Waals surface area contributed by atoms with E-state index in [4.69, 9.17) is 5.11 Å². The van der Waals surface area contributed by atoms with E-state index in [1.54, 1.807) is 18.2 Å². The number of hydrogen-bond donors (Lipinski definition) is 1. The standard InChI is InChI=1S/C14H18N4O2/c1-2-17(11-4-5-11)7-8-18-13-6-3-10(14(19)20)9-12(13)15-16-18/h3,6,9,11H,2,4-5,7-8H2,1H3,(H,19,20). The summed E-state index contributed by atoms with van der Waals surface area (Å²) in [5, 5.41) is 17.2. The molecule has 1 aliphatic rings. The second-order valence-electron chi connectivity index (χ2n) is 5.18. The van der Waals surface area contributed by atoms with E-state index in [0.29, 0.717) is 5.52 Å². The van der Waals surface area contributed by atoms with Gasteiger partial charge in [-0.15, -0.1) is 5.10 Å². The zero-order valence-electron chi connectivity index (χ0n) is 11.5. The van der Waals surface area contributed by atoms with E-state index < -0.39 is 5.97 Å². The van der Waals surface area contributed by atoms with Crippen LogP contribution in [0.5, 0.6) is 0 Å². The van der Waals surface area contributed by atoms with Crippen molar-refractivity contribution in [2.24, 2.45) is 0 Å². The van der Waals surface area contributed by atoms with Gasteiger partial charge in [-0.25, -0.2) is 9.48 Å². The van der Waals surface area contributed by atoms with Crippen LogP contribution in [0.4, 0.5) is 0 Å². The molecule has 106 valence electrons. The molecule has 0 aliphatic heterocycles. The Labute approximate surface area is 117 Å². The highest BCUT2D eigenvalue weighted by molar-refractivity contribution is 5.92. The summed E-state index contributed by atoms with van der Waals surface area (Å²) in [7, 11) is 0. The molecule has 1 fully saturated rings. The zero-order valence-corrected chi connectivity index (χ0v) is 11.5. The summed E-state index contributed by atoms with van der Waals surface area (Å²) >= 11 is 0. The highest BCUT2D eigenvalue weighted by Crippen LogP contribution is 2.26. The molecule has 1 N–H and O–H groups in total. The van der Waals surface area contributed by atoms with Crippen molar-refractivity contribution in [3.05, 3.63) is 23.8 Å². The summed E-state index contributed by atoms with van der Waals surface area (Å²) in [6.07, 6.45) is 2.60. The number of aromatic carboxylic acids is 1. The SMILES string of the molecule is CCN(CCn1nnc2cc(C(=O)O)ccc21)C1CC1. The number of hydrogen-bond acceptors (Lipinski definition) is 4. The van der Waals surface area contributed by atoms with Gasteiger partial charge < -0.3 is 5.11 Å². The second kappa shape index (κ2) is 5.20. The fourth-order valence-electron chi connectivity index (χ4n) is 2.53. The van der Waals surface area contributed by atoms with Crippen LogP contribution in [0.15, 0.2) is 18.2 Å². The first kappa shape index (κ1) is 13.1. The molecule has 1 saturated carbocycles. The normalized spacial score (nSPS) is 15.1. The van der Waals surface area contributed by atoms with E-state index in [1.165, 1.54) is 12.8 Å². The van der Waals surface area contributed by atoms with Crippen LogP contribution in [-0.2, 0) is 6.54 Å². The summed E-state index contributed by atoms with van der Waals surface area (Å²) < 4.78 is 1.85. The molecule has 1 heterocycles. The molecule has 0 amide bonds. The first-order chi connectivity index (χ1) is 9.69. The van der Waals surface area contributed by atoms with Gasteiger partial charge in [-0.2, -0.15) is 0 Å². The fourth-order valence-corrected chi connectivity index (χ4v) is 2.53. The largest absolute Gasteiger partial charge is 0.478 e. The molecule has 1 aromatic carbocycles. The number of carboxylic acids is 1. The van der Waals surface area contributed by atoms with Crippen molar-refractivity contribution in [3.63, 3.8) is 0 Å². The third-order valence-electron chi connectivity index (χ3n) is 3.83. The number of fused-ring (bicyclic) bond motifs is 1. The van der Waals surface area contributed by atoms with Gasteiger partial charge in [0.1, 0.15) is 5.52 Å². The molecule has 2 aromatic rings. The van der Waals surface area contributed by atoms with E-state index in [2.05, 4.69) is 22.1 Å². The van der Waals surface area contributed by atoms with Crippen molar-refractivity contribution in [3.8, 4) is 0 Å². The number of rotatable bonds is 6. The number of carbonyl (C=O) groups is 1. The monoisotopic (exact) mass is 274 g/mol. The molecular weight excluding hydrogens is 256 g/mol. The van der Waals surface area contributed by atoms with Crippen molar-refractivity contribution in [1.82, 2.24) is 19.9 Å². The minimum Gasteiger partial charge on any atom is -0.478 e. The van der Waals surface area contributed by atoms with Crippen molar-refractivity contribution >= 4 is 17.0 Å². The molecular formula is C14H18N4O2. The summed E-state index contributed by atoms with van der Waals surface area (Å²) in [6.45, 7) is 4.98. The van der Waals surface area contributed by atoms with Crippen LogP contribution in [0.2, 0.25) is 0 Å². The van der Waals surface area contributed by atoms with Crippen LogP contribution < -0.4 is 0 Å². The van der Waals surface area contributed by atoms with Crippen LogP contribution >= 0.6 is 0 Å². The lowest BCUT2D eigenvalue weighted by atomic mass is 10.2. The highest BCUT2D eigenvalue weighted by Gasteiger charge is 2.27. The Morgan fingerprint density at radius 1 is 1.50 bits per heavy atom. The number of carboxylic acid groups (broad SMARTS) is 1. The molecule has 0 spiro atoms.